The zero-order valence-corrected chi connectivity index (χ0v) is 14.2. The maximum Gasteiger partial charge on any atom is 0.0769 e. The molecule has 0 saturated carbocycles. The Morgan fingerprint density at radius 2 is 2.04 bits per heavy atom. The zero-order chi connectivity index (χ0) is 16.3. The van der Waals surface area contributed by atoms with Gasteiger partial charge in [-0.15, -0.1) is 0 Å². The van der Waals surface area contributed by atoms with Gasteiger partial charge < -0.3 is 10.7 Å². The number of hydrazone groups is 1. The maximum absolute atomic E-state index is 4.43. The van der Waals surface area contributed by atoms with Crippen LogP contribution in [0.3, 0.4) is 0 Å². The van der Waals surface area contributed by atoms with Crippen molar-refractivity contribution < 1.29 is 0 Å². The fourth-order valence-electron chi connectivity index (χ4n) is 4.79. The molecule has 2 aliphatic carbocycles. The summed E-state index contributed by atoms with van der Waals surface area (Å²) in [6.07, 6.45) is 11.5. The van der Waals surface area contributed by atoms with Gasteiger partial charge in [-0.2, -0.15) is 10.2 Å². The lowest BCUT2D eigenvalue weighted by Gasteiger charge is -2.39. The van der Waals surface area contributed by atoms with Gasteiger partial charge in [-0.3, -0.25) is 5.10 Å². The minimum atomic E-state index is 0.255. The van der Waals surface area contributed by atoms with Crippen LogP contribution < -0.4 is 10.7 Å². The van der Waals surface area contributed by atoms with E-state index in [-0.39, 0.29) is 6.04 Å². The molecule has 5 nitrogen and oxygen atoms in total. The van der Waals surface area contributed by atoms with E-state index in [1.165, 1.54) is 48.2 Å². The average Bonchev–Trinajstić information content (AvgIpc) is 3.20. The van der Waals surface area contributed by atoms with Gasteiger partial charge in [0.1, 0.15) is 0 Å². The summed E-state index contributed by atoms with van der Waals surface area (Å²) in [5.74, 6) is 0.369. The molecule has 0 bridgehead atoms. The Balaban J connectivity index is 1.67. The van der Waals surface area contributed by atoms with E-state index in [0.29, 0.717) is 12.0 Å². The van der Waals surface area contributed by atoms with Crippen LogP contribution in [0.2, 0.25) is 0 Å². The number of H-pyrrole nitrogens is 1. The van der Waals surface area contributed by atoms with Crippen molar-refractivity contribution in [2.75, 3.05) is 0 Å². The molecule has 5 rings (SSSR count). The lowest BCUT2D eigenvalue weighted by Crippen LogP contribution is -2.38. The van der Waals surface area contributed by atoms with Crippen LogP contribution in [0.15, 0.2) is 39.7 Å². The quantitative estimate of drug-likeness (QED) is 0.745. The van der Waals surface area contributed by atoms with E-state index in [1.54, 1.807) is 11.1 Å². The Labute approximate surface area is 142 Å². The van der Waals surface area contributed by atoms with E-state index in [2.05, 4.69) is 58.3 Å². The van der Waals surface area contributed by atoms with Crippen molar-refractivity contribution in [2.24, 2.45) is 11.0 Å². The minimum Gasteiger partial charge on any atom is -0.374 e. The molecule has 1 aromatic rings. The summed E-state index contributed by atoms with van der Waals surface area (Å²) in [7, 11) is 0. The highest BCUT2D eigenvalue weighted by atomic mass is 15.3. The third kappa shape index (κ3) is 1.87. The zero-order valence-electron chi connectivity index (χ0n) is 14.2. The average molecular weight is 321 g/mol. The molecule has 0 fully saturated rings. The van der Waals surface area contributed by atoms with Gasteiger partial charge in [-0.1, -0.05) is 6.08 Å². The van der Waals surface area contributed by atoms with Crippen molar-refractivity contribution in [3.63, 3.8) is 0 Å². The van der Waals surface area contributed by atoms with E-state index in [4.69, 9.17) is 0 Å². The van der Waals surface area contributed by atoms with Gasteiger partial charge in [0, 0.05) is 29.1 Å². The Kier molecular flexibility index (Phi) is 2.99. The molecular formula is C19H23N5. The highest BCUT2D eigenvalue weighted by Gasteiger charge is 2.39. The number of aryl methyl sites for hydroxylation is 2. The fraction of sp³-hybridized carbons (Fsp3) is 0.474. The molecule has 0 saturated heterocycles. The molecular weight excluding hydrogens is 298 g/mol. The van der Waals surface area contributed by atoms with Crippen LogP contribution in [0.25, 0.3) is 0 Å². The van der Waals surface area contributed by atoms with Crippen molar-refractivity contribution in [3.8, 4) is 0 Å². The third-order valence-corrected chi connectivity index (χ3v) is 5.90. The number of dihydropyridines is 1. The molecule has 1 aromatic heterocycles. The number of nitrogens with one attached hydrogen (secondary N) is 3. The number of hydrogen-bond acceptors (Lipinski definition) is 4. The molecule has 24 heavy (non-hydrogen) atoms. The summed E-state index contributed by atoms with van der Waals surface area (Å²) in [4.78, 5) is 0. The number of rotatable bonds is 1. The van der Waals surface area contributed by atoms with Gasteiger partial charge in [-0.05, 0) is 62.3 Å². The highest BCUT2D eigenvalue weighted by Crippen LogP contribution is 2.46. The molecule has 0 radical (unpaired) electrons. The molecule has 3 N–H and O–H groups in total. The number of aromatic nitrogens is 2. The van der Waals surface area contributed by atoms with Gasteiger partial charge in [0.15, 0.2) is 0 Å². The first-order chi connectivity index (χ1) is 11.7. The Hall–Kier alpha value is -2.30. The topological polar surface area (TPSA) is 65.1 Å². The number of nitrogens with zero attached hydrogens (tertiary/aromatic N) is 2. The van der Waals surface area contributed by atoms with Crippen LogP contribution in [0, 0.1) is 19.8 Å². The first-order valence-corrected chi connectivity index (χ1v) is 8.95. The predicted molar refractivity (Wildman–Crippen MR) is 94.5 cm³/mol. The molecule has 0 spiro atoms. The van der Waals surface area contributed by atoms with E-state index >= 15 is 0 Å². The van der Waals surface area contributed by atoms with Crippen LogP contribution in [-0.4, -0.2) is 22.5 Å². The number of hydrogen-bond donors (Lipinski definition) is 3. The molecule has 5 heteroatoms. The highest BCUT2D eigenvalue weighted by molar-refractivity contribution is 5.74. The predicted octanol–water partition coefficient (Wildman–Crippen LogP) is 2.94. The van der Waals surface area contributed by atoms with E-state index in [9.17, 15) is 0 Å². The Morgan fingerprint density at radius 3 is 2.88 bits per heavy atom. The molecule has 2 aliphatic heterocycles. The standard InChI is InChI=1S/C19H23N5/c1-10-17(11(2)23-22-10)19-13-6-4-3-5-12(13)18-14-9-20-24-15(14)7-8-16(18)21-19/h7-9,14-15,19,21,24H,3-6H2,1-2H3,(H,22,23). The lowest BCUT2D eigenvalue weighted by molar-refractivity contribution is 0.522. The normalized spacial score (nSPS) is 30.7. The largest absolute Gasteiger partial charge is 0.374 e. The van der Waals surface area contributed by atoms with Crippen LogP contribution in [0.5, 0.6) is 0 Å². The van der Waals surface area contributed by atoms with Crippen LogP contribution in [0.1, 0.15) is 48.7 Å². The lowest BCUT2D eigenvalue weighted by atomic mass is 9.72. The maximum atomic E-state index is 4.43. The van der Waals surface area contributed by atoms with Gasteiger partial charge in [0.05, 0.1) is 17.8 Å². The number of fused-ring (bicyclic) bond motifs is 3. The summed E-state index contributed by atoms with van der Waals surface area (Å²) < 4.78 is 0. The van der Waals surface area contributed by atoms with E-state index in [0.717, 1.165) is 5.69 Å². The van der Waals surface area contributed by atoms with Crippen molar-refractivity contribution in [1.82, 2.24) is 20.9 Å². The van der Waals surface area contributed by atoms with Crippen molar-refractivity contribution in [3.05, 3.63) is 51.5 Å². The second-order valence-electron chi connectivity index (χ2n) is 7.28. The van der Waals surface area contributed by atoms with Crippen LogP contribution in [-0.2, 0) is 0 Å². The van der Waals surface area contributed by atoms with Gasteiger partial charge in [0.25, 0.3) is 0 Å². The molecule has 4 aliphatic rings. The van der Waals surface area contributed by atoms with Crippen molar-refractivity contribution >= 4 is 6.21 Å². The fourth-order valence-corrected chi connectivity index (χ4v) is 4.79. The first kappa shape index (κ1) is 14.1. The molecule has 124 valence electrons. The summed E-state index contributed by atoms with van der Waals surface area (Å²) >= 11 is 0. The summed E-state index contributed by atoms with van der Waals surface area (Å²) in [6.45, 7) is 4.23. The first-order valence-electron chi connectivity index (χ1n) is 8.95. The monoisotopic (exact) mass is 321 g/mol. The molecule has 0 aromatic carbocycles. The minimum absolute atomic E-state index is 0.255. The van der Waals surface area contributed by atoms with E-state index in [1.807, 2.05) is 0 Å². The summed E-state index contributed by atoms with van der Waals surface area (Å²) in [5, 5.41) is 15.8. The van der Waals surface area contributed by atoms with Gasteiger partial charge in [-0.25, -0.2) is 0 Å². The Bertz CT molecular complexity index is 803. The van der Waals surface area contributed by atoms with Gasteiger partial charge >= 0.3 is 0 Å². The van der Waals surface area contributed by atoms with Crippen molar-refractivity contribution in [2.45, 2.75) is 51.6 Å². The van der Waals surface area contributed by atoms with Crippen LogP contribution >= 0.6 is 0 Å². The summed E-state index contributed by atoms with van der Waals surface area (Å²) in [5.41, 5.74) is 12.7. The number of allylic oxidation sites excluding steroid dienone is 2. The SMILES string of the molecule is Cc1n[nH]c(C)c1C1NC2=C(C3=C1CCCC3)C1C=NNC1C=C2. The number of aromatic amines is 1. The second kappa shape index (κ2) is 5.10. The Morgan fingerprint density at radius 1 is 1.17 bits per heavy atom. The smallest absolute Gasteiger partial charge is 0.0769 e. The van der Waals surface area contributed by atoms with E-state index < -0.39 is 0 Å². The van der Waals surface area contributed by atoms with Gasteiger partial charge in [0.2, 0.25) is 0 Å². The molecule has 3 unspecified atom stereocenters. The van der Waals surface area contributed by atoms with Crippen LogP contribution in [0.4, 0.5) is 0 Å². The second-order valence-corrected chi connectivity index (χ2v) is 7.28. The summed E-state index contributed by atoms with van der Waals surface area (Å²) in [6, 6.07) is 0.570. The molecule has 3 heterocycles. The molecule has 3 atom stereocenters. The molecule has 0 amide bonds. The third-order valence-electron chi connectivity index (χ3n) is 5.90. The van der Waals surface area contributed by atoms with Crippen molar-refractivity contribution in [1.29, 1.82) is 0 Å².